The maximum atomic E-state index is 13.0. The number of carbonyl (C=O) groups excluding carboxylic acids is 2. The van der Waals surface area contributed by atoms with Crippen LogP contribution in [-0.2, 0) is 32.6 Å². The summed E-state index contributed by atoms with van der Waals surface area (Å²) in [5.41, 5.74) is 2.07. The Morgan fingerprint density at radius 2 is 1.63 bits per heavy atom. The Morgan fingerprint density at radius 1 is 1.00 bits per heavy atom. The number of rotatable bonds is 4. The topological polar surface area (TPSA) is 95.6 Å². The lowest BCUT2D eigenvalue weighted by atomic mass is 9.95. The SMILES string of the molecule is CC(=O)N1CCc2c(cccc2S(=O)(=O)Nc2ccc(NC(=O)C(C)(C)C)cc2)C1. The number of sulfonamides is 1. The Morgan fingerprint density at radius 3 is 2.23 bits per heavy atom. The van der Waals surface area contributed by atoms with Gasteiger partial charge in [-0.2, -0.15) is 0 Å². The number of amides is 2. The maximum absolute atomic E-state index is 13.0. The molecule has 1 aliphatic heterocycles. The van der Waals surface area contributed by atoms with Gasteiger partial charge in [0, 0.05) is 36.8 Å². The third kappa shape index (κ3) is 4.81. The average molecular weight is 430 g/mol. The standard InChI is InChI=1S/C22H27N3O4S/c1-15(26)25-13-12-19-16(14-25)6-5-7-20(19)30(28,29)24-18-10-8-17(9-11-18)23-21(27)22(2,3)4/h5-11,24H,12-14H2,1-4H3,(H,23,27). The maximum Gasteiger partial charge on any atom is 0.262 e. The number of fused-ring (bicyclic) bond motifs is 1. The second kappa shape index (κ2) is 8.10. The highest BCUT2D eigenvalue weighted by Gasteiger charge is 2.26. The van der Waals surface area contributed by atoms with Crippen molar-refractivity contribution in [2.24, 2.45) is 5.41 Å². The van der Waals surface area contributed by atoms with Crippen molar-refractivity contribution in [1.29, 1.82) is 0 Å². The van der Waals surface area contributed by atoms with E-state index in [1.807, 2.05) is 26.8 Å². The van der Waals surface area contributed by atoms with E-state index in [0.29, 0.717) is 30.9 Å². The molecule has 0 atom stereocenters. The van der Waals surface area contributed by atoms with E-state index in [1.54, 1.807) is 41.3 Å². The molecule has 30 heavy (non-hydrogen) atoms. The molecule has 0 unspecified atom stereocenters. The number of hydrogen-bond donors (Lipinski definition) is 2. The van der Waals surface area contributed by atoms with E-state index in [4.69, 9.17) is 0 Å². The predicted octanol–water partition coefficient (Wildman–Crippen LogP) is 3.38. The van der Waals surface area contributed by atoms with E-state index in [-0.39, 0.29) is 16.7 Å². The summed E-state index contributed by atoms with van der Waals surface area (Å²) < 4.78 is 28.7. The Labute approximate surface area is 177 Å². The van der Waals surface area contributed by atoms with Crippen molar-refractivity contribution in [3.63, 3.8) is 0 Å². The lowest BCUT2D eigenvalue weighted by molar-refractivity contribution is -0.129. The quantitative estimate of drug-likeness (QED) is 0.779. The highest BCUT2D eigenvalue weighted by atomic mass is 32.2. The van der Waals surface area contributed by atoms with Gasteiger partial charge in [0.05, 0.1) is 4.90 Å². The lowest BCUT2D eigenvalue weighted by Crippen LogP contribution is -2.35. The van der Waals surface area contributed by atoms with Crippen LogP contribution in [0.15, 0.2) is 47.4 Å². The van der Waals surface area contributed by atoms with Gasteiger partial charge in [-0.3, -0.25) is 14.3 Å². The molecule has 0 aliphatic carbocycles. The first kappa shape index (κ1) is 21.8. The van der Waals surface area contributed by atoms with E-state index < -0.39 is 15.4 Å². The first-order valence-electron chi connectivity index (χ1n) is 9.78. The van der Waals surface area contributed by atoms with Gasteiger partial charge in [0.1, 0.15) is 0 Å². The second-order valence-electron chi connectivity index (χ2n) is 8.47. The molecule has 0 bridgehead atoms. The van der Waals surface area contributed by atoms with Crippen molar-refractivity contribution >= 4 is 33.2 Å². The summed E-state index contributed by atoms with van der Waals surface area (Å²) in [6.45, 7) is 7.89. The first-order valence-corrected chi connectivity index (χ1v) is 11.3. The zero-order chi connectivity index (χ0) is 22.1. The highest BCUT2D eigenvalue weighted by molar-refractivity contribution is 7.92. The molecule has 2 amide bonds. The van der Waals surface area contributed by atoms with Crippen molar-refractivity contribution < 1.29 is 18.0 Å². The summed E-state index contributed by atoms with van der Waals surface area (Å²) >= 11 is 0. The molecule has 2 aromatic rings. The molecule has 2 N–H and O–H groups in total. The van der Waals surface area contributed by atoms with Gasteiger partial charge in [-0.05, 0) is 47.9 Å². The molecule has 0 spiro atoms. The van der Waals surface area contributed by atoms with E-state index in [0.717, 1.165) is 11.1 Å². The van der Waals surface area contributed by atoms with Crippen LogP contribution in [0.1, 0.15) is 38.8 Å². The van der Waals surface area contributed by atoms with Crippen LogP contribution in [0.4, 0.5) is 11.4 Å². The van der Waals surface area contributed by atoms with Gasteiger partial charge in [-0.1, -0.05) is 32.9 Å². The fourth-order valence-electron chi connectivity index (χ4n) is 3.25. The molecule has 1 aliphatic rings. The fourth-order valence-corrected chi connectivity index (χ4v) is 4.62. The van der Waals surface area contributed by atoms with Crippen molar-refractivity contribution in [2.45, 2.75) is 45.6 Å². The Hall–Kier alpha value is -2.87. The molecular weight excluding hydrogens is 402 g/mol. The summed E-state index contributed by atoms with van der Waals surface area (Å²) in [4.78, 5) is 25.7. The minimum absolute atomic E-state index is 0.0225. The van der Waals surface area contributed by atoms with E-state index in [9.17, 15) is 18.0 Å². The van der Waals surface area contributed by atoms with Crippen molar-refractivity contribution in [3.05, 3.63) is 53.6 Å². The molecule has 3 rings (SSSR count). The molecule has 1 heterocycles. The van der Waals surface area contributed by atoms with Gasteiger partial charge >= 0.3 is 0 Å². The predicted molar refractivity (Wildman–Crippen MR) is 117 cm³/mol. The number of anilines is 2. The molecule has 160 valence electrons. The van der Waals surface area contributed by atoms with Gasteiger partial charge in [0.15, 0.2) is 0 Å². The molecular formula is C22H27N3O4S. The van der Waals surface area contributed by atoms with Crippen LogP contribution in [-0.4, -0.2) is 31.7 Å². The molecule has 0 saturated heterocycles. The van der Waals surface area contributed by atoms with Crippen LogP contribution >= 0.6 is 0 Å². The minimum Gasteiger partial charge on any atom is -0.338 e. The van der Waals surface area contributed by atoms with Gasteiger partial charge in [0.2, 0.25) is 11.8 Å². The van der Waals surface area contributed by atoms with Crippen LogP contribution < -0.4 is 10.0 Å². The number of nitrogens with zero attached hydrogens (tertiary/aromatic N) is 1. The Balaban J connectivity index is 1.79. The number of nitrogens with one attached hydrogen (secondary N) is 2. The van der Waals surface area contributed by atoms with E-state index in [1.165, 1.54) is 6.92 Å². The van der Waals surface area contributed by atoms with Crippen molar-refractivity contribution in [1.82, 2.24) is 4.90 Å². The summed E-state index contributed by atoms with van der Waals surface area (Å²) in [6.07, 6.45) is 0.490. The molecule has 2 aromatic carbocycles. The van der Waals surface area contributed by atoms with Gasteiger partial charge < -0.3 is 10.2 Å². The monoisotopic (exact) mass is 429 g/mol. The molecule has 0 radical (unpaired) electrons. The van der Waals surface area contributed by atoms with Crippen LogP contribution in [0, 0.1) is 5.41 Å². The number of benzene rings is 2. The molecule has 0 saturated carbocycles. The van der Waals surface area contributed by atoms with Gasteiger partial charge in [-0.25, -0.2) is 8.42 Å². The van der Waals surface area contributed by atoms with Crippen LogP contribution in [0.2, 0.25) is 0 Å². The Bertz CT molecular complexity index is 1070. The summed E-state index contributed by atoms with van der Waals surface area (Å²) in [5, 5.41) is 2.81. The second-order valence-corrected chi connectivity index (χ2v) is 10.1. The minimum atomic E-state index is -3.79. The zero-order valence-corrected chi connectivity index (χ0v) is 18.5. The molecule has 8 heteroatoms. The third-order valence-electron chi connectivity index (χ3n) is 5.03. The molecule has 0 fully saturated rings. The largest absolute Gasteiger partial charge is 0.338 e. The van der Waals surface area contributed by atoms with Crippen LogP contribution in [0.3, 0.4) is 0 Å². The summed E-state index contributed by atoms with van der Waals surface area (Å²) in [6, 6.07) is 11.7. The first-order chi connectivity index (χ1) is 14.0. The summed E-state index contributed by atoms with van der Waals surface area (Å²) in [5.74, 6) is -0.142. The highest BCUT2D eigenvalue weighted by Crippen LogP contribution is 2.28. The smallest absolute Gasteiger partial charge is 0.262 e. The average Bonchev–Trinajstić information content (AvgIpc) is 2.67. The van der Waals surface area contributed by atoms with Crippen LogP contribution in [0.5, 0.6) is 0 Å². The fraction of sp³-hybridized carbons (Fsp3) is 0.364. The third-order valence-corrected chi connectivity index (χ3v) is 6.50. The van der Waals surface area contributed by atoms with E-state index >= 15 is 0 Å². The lowest BCUT2D eigenvalue weighted by Gasteiger charge is -2.29. The van der Waals surface area contributed by atoms with Crippen LogP contribution in [0.25, 0.3) is 0 Å². The van der Waals surface area contributed by atoms with Crippen molar-refractivity contribution in [3.8, 4) is 0 Å². The van der Waals surface area contributed by atoms with E-state index in [2.05, 4.69) is 10.0 Å². The Kier molecular flexibility index (Phi) is 5.90. The van der Waals surface area contributed by atoms with Crippen molar-refractivity contribution in [2.75, 3.05) is 16.6 Å². The normalized spacial score (nSPS) is 14.1. The number of carbonyl (C=O) groups is 2. The zero-order valence-electron chi connectivity index (χ0n) is 17.7. The summed E-state index contributed by atoms with van der Waals surface area (Å²) in [7, 11) is -3.79. The molecule has 7 nitrogen and oxygen atoms in total. The molecule has 0 aromatic heterocycles. The van der Waals surface area contributed by atoms with Gasteiger partial charge in [0.25, 0.3) is 10.0 Å². The van der Waals surface area contributed by atoms with Gasteiger partial charge in [-0.15, -0.1) is 0 Å². The number of hydrogen-bond acceptors (Lipinski definition) is 4.